The van der Waals surface area contributed by atoms with E-state index in [2.05, 4.69) is 15.2 Å². The molecule has 156 valence electrons. The van der Waals surface area contributed by atoms with Crippen LogP contribution in [0.15, 0.2) is 15.4 Å². The van der Waals surface area contributed by atoms with Gasteiger partial charge >= 0.3 is 0 Å². The zero-order chi connectivity index (χ0) is 20.4. The van der Waals surface area contributed by atoms with Gasteiger partial charge in [-0.25, -0.2) is 4.68 Å². The van der Waals surface area contributed by atoms with E-state index in [1.807, 2.05) is 18.7 Å². The minimum absolute atomic E-state index is 0.000995. The first-order chi connectivity index (χ1) is 14.0. The predicted molar refractivity (Wildman–Crippen MR) is 108 cm³/mol. The molecule has 0 unspecified atom stereocenters. The molecular formula is C21H29N5O3. The molecule has 0 spiro atoms. The van der Waals surface area contributed by atoms with Crippen molar-refractivity contribution in [1.82, 2.24) is 24.7 Å². The molecule has 1 aliphatic carbocycles. The molecule has 0 bridgehead atoms. The van der Waals surface area contributed by atoms with Gasteiger partial charge in [-0.05, 0) is 45.1 Å². The van der Waals surface area contributed by atoms with E-state index in [9.17, 15) is 9.59 Å². The number of aromatic nitrogens is 3. The molecule has 29 heavy (non-hydrogen) atoms. The second-order valence-electron chi connectivity index (χ2n) is 8.09. The van der Waals surface area contributed by atoms with E-state index in [0.717, 1.165) is 73.6 Å². The molecule has 1 fully saturated rings. The lowest BCUT2D eigenvalue weighted by Crippen LogP contribution is -2.50. The molecule has 1 saturated heterocycles. The van der Waals surface area contributed by atoms with Gasteiger partial charge in [-0.3, -0.25) is 14.5 Å². The molecule has 0 saturated carbocycles. The van der Waals surface area contributed by atoms with E-state index in [1.165, 1.54) is 0 Å². The van der Waals surface area contributed by atoms with Gasteiger partial charge in [0.2, 0.25) is 5.91 Å². The summed E-state index contributed by atoms with van der Waals surface area (Å²) in [5, 5.41) is 8.52. The van der Waals surface area contributed by atoms with Gasteiger partial charge < -0.3 is 9.42 Å². The van der Waals surface area contributed by atoms with Crippen LogP contribution in [0, 0.1) is 13.8 Å². The fraction of sp³-hybridized carbons (Fsp3) is 0.619. The first-order valence-electron chi connectivity index (χ1n) is 10.5. The third kappa shape index (κ3) is 4.42. The van der Waals surface area contributed by atoms with Crippen LogP contribution in [-0.4, -0.2) is 63.4 Å². The molecule has 0 radical (unpaired) electrons. The molecule has 0 N–H and O–H groups in total. The maximum Gasteiger partial charge on any atom is 0.267 e. The molecule has 2 aliphatic rings. The molecule has 0 aromatic carbocycles. The predicted octanol–water partition coefficient (Wildman–Crippen LogP) is 1.11. The number of carbonyl (C=O) groups excluding carboxylic acids is 1. The Kier molecular flexibility index (Phi) is 5.80. The number of rotatable bonds is 5. The maximum absolute atomic E-state index is 12.6. The van der Waals surface area contributed by atoms with Gasteiger partial charge in [0.05, 0.1) is 24.4 Å². The lowest BCUT2D eigenvalue weighted by Gasteiger charge is -2.34. The standard InChI is InChI=1S/C21H29N5O3/c1-15-18(16(2)29-23-15)14-20(27)25-10-7-24(8-11-25)9-12-26-21(28)13-17-5-3-4-6-19(17)22-26/h13H,3-12,14H2,1-2H3. The monoisotopic (exact) mass is 399 g/mol. The number of nitrogens with zero attached hydrogens (tertiary/aromatic N) is 5. The molecule has 4 rings (SSSR count). The van der Waals surface area contributed by atoms with E-state index in [0.29, 0.717) is 26.1 Å². The Bertz CT molecular complexity index is 921. The molecule has 1 aliphatic heterocycles. The molecule has 3 heterocycles. The summed E-state index contributed by atoms with van der Waals surface area (Å²) in [6, 6.07) is 1.77. The number of hydrogen-bond acceptors (Lipinski definition) is 6. The Labute approximate surface area is 170 Å². The van der Waals surface area contributed by atoms with Crippen molar-refractivity contribution in [2.75, 3.05) is 32.7 Å². The van der Waals surface area contributed by atoms with Crippen LogP contribution in [0.2, 0.25) is 0 Å². The first kappa shape index (κ1) is 19.8. The molecule has 8 heteroatoms. The number of amides is 1. The van der Waals surface area contributed by atoms with Gasteiger partial charge in [-0.15, -0.1) is 0 Å². The molecule has 0 atom stereocenters. The number of hydrogen-bond donors (Lipinski definition) is 0. The van der Waals surface area contributed by atoms with Crippen molar-refractivity contribution in [2.24, 2.45) is 0 Å². The number of piperazine rings is 1. The fourth-order valence-electron chi connectivity index (χ4n) is 4.24. The Balaban J connectivity index is 1.28. The van der Waals surface area contributed by atoms with Gasteiger partial charge in [0, 0.05) is 44.4 Å². The summed E-state index contributed by atoms with van der Waals surface area (Å²) >= 11 is 0. The van der Waals surface area contributed by atoms with Gasteiger partial charge in [0.1, 0.15) is 5.76 Å². The molecule has 2 aromatic rings. The Morgan fingerprint density at radius 3 is 2.59 bits per heavy atom. The lowest BCUT2D eigenvalue weighted by molar-refractivity contribution is -0.132. The average molecular weight is 399 g/mol. The van der Waals surface area contributed by atoms with E-state index in [-0.39, 0.29) is 11.5 Å². The van der Waals surface area contributed by atoms with Crippen LogP contribution >= 0.6 is 0 Å². The van der Waals surface area contributed by atoms with Gasteiger partial charge in [0.15, 0.2) is 0 Å². The van der Waals surface area contributed by atoms with Crippen LogP contribution < -0.4 is 5.56 Å². The zero-order valence-corrected chi connectivity index (χ0v) is 17.3. The van der Waals surface area contributed by atoms with Crippen molar-refractivity contribution in [3.8, 4) is 0 Å². The minimum Gasteiger partial charge on any atom is -0.361 e. The number of aryl methyl sites for hydroxylation is 4. The quantitative estimate of drug-likeness (QED) is 0.749. The van der Waals surface area contributed by atoms with Gasteiger partial charge in [-0.2, -0.15) is 5.10 Å². The number of carbonyl (C=O) groups is 1. The summed E-state index contributed by atoms with van der Waals surface area (Å²) in [6.07, 6.45) is 4.60. The van der Waals surface area contributed by atoms with Crippen molar-refractivity contribution in [3.05, 3.63) is 44.7 Å². The summed E-state index contributed by atoms with van der Waals surface area (Å²) in [5.41, 5.74) is 3.90. The SMILES string of the molecule is Cc1noc(C)c1CC(=O)N1CCN(CCn2nc3c(cc2=O)CCCC3)CC1. The largest absolute Gasteiger partial charge is 0.361 e. The van der Waals surface area contributed by atoms with E-state index in [4.69, 9.17) is 4.52 Å². The van der Waals surface area contributed by atoms with Gasteiger partial charge in [0.25, 0.3) is 5.56 Å². The highest BCUT2D eigenvalue weighted by Crippen LogP contribution is 2.17. The highest BCUT2D eigenvalue weighted by molar-refractivity contribution is 5.79. The van der Waals surface area contributed by atoms with Crippen molar-refractivity contribution >= 4 is 5.91 Å². The fourth-order valence-corrected chi connectivity index (χ4v) is 4.24. The third-order valence-electron chi connectivity index (χ3n) is 6.14. The summed E-state index contributed by atoms with van der Waals surface area (Å²) < 4.78 is 6.77. The van der Waals surface area contributed by atoms with E-state index >= 15 is 0 Å². The molecule has 1 amide bonds. The maximum atomic E-state index is 12.6. The van der Waals surface area contributed by atoms with E-state index in [1.54, 1.807) is 10.7 Å². The Morgan fingerprint density at radius 1 is 1.10 bits per heavy atom. The van der Waals surface area contributed by atoms with Gasteiger partial charge in [-0.1, -0.05) is 5.16 Å². The van der Waals surface area contributed by atoms with Crippen LogP contribution in [0.1, 0.15) is 41.1 Å². The lowest BCUT2D eigenvalue weighted by atomic mass is 9.97. The number of fused-ring (bicyclic) bond motifs is 1. The second-order valence-corrected chi connectivity index (χ2v) is 8.09. The summed E-state index contributed by atoms with van der Waals surface area (Å²) in [4.78, 5) is 29.2. The van der Waals surface area contributed by atoms with Crippen LogP contribution in [0.3, 0.4) is 0 Å². The van der Waals surface area contributed by atoms with Crippen molar-refractivity contribution in [1.29, 1.82) is 0 Å². The highest BCUT2D eigenvalue weighted by atomic mass is 16.5. The highest BCUT2D eigenvalue weighted by Gasteiger charge is 2.23. The summed E-state index contributed by atoms with van der Waals surface area (Å²) in [5.74, 6) is 0.837. The van der Waals surface area contributed by atoms with Crippen molar-refractivity contribution in [3.63, 3.8) is 0 Å². The molecular weight excluding hydrogens is 370 g/mol. The van der Waals surface area contributed by atoms with E-state index < -0.39 is 0 Å². The topological polar surface area (TPSA) is 84.5 Å². The minimum atomic E-state index is -0.000995. The first-order valence-corrected chi connectivity index (χ1v) is 10.5. The third-order valence-corrected chi connectivity index (χ3v) is 6.14. The van der Waals surface area contributed by atoms with Crippen molar-refractivity contribution in [2.45, 2.75) is 52.5 Å². The average Bonchev–Trinajstić information content (AvgIpc) is 3.04. The smallest absolute Gasteiger partial charge is 0.267 e. The molecule has 2 aromatic heterocycles. The summed E-state index contributed by atoms with van der Waals surface area (Å²) in [6.45, 7) is 8.12. The Morgan fingerprint density at radius 2 is 1.86 bits per heavy atom. The van der Waals surface area contributed by atoms with Crippen molar-refractivity contribution < 1.29 is 9.32 Å². The van der Waals surface area contributed by atoms with Crippen LogP contribution in [0.4, 0.5) is 0 Å². The van der Waals surface area contributed by atoms with Crippen LogP contribution in [0.25, 0.3) is 0 Å². The normalized spacial score (nSPS) is 17.4. The zero-order valence-electron chi connectivity index (χ0n) is 17.3. The molecule has 8 nitrogen and oxygen atoms in total. The summed E-state index contributed by atoms with van der Waals surface area (Å²) in [7, 11) is 0. The van der Waals surface area contributed by atoms with Crippen LogP contribution in [0.5, 0.6) is 0 Å². The Hall–Kier alpha value is -2.48. The second kappa shape index (κ2) is 8.49. The van der Waals surface area contributed by atoms with Crippen LogP contribution in [-0.2, 0) is 30.6 Å².